The lowest BCUT2D eigenvalue weighted by atomic mass is 10.3. The summed E-state index contributed by atoms with van der Waals surface area (Å²) in [6.45, 7) is 5.55. The average molecular weight is 288 g/mol. The molecule has 0 saturated heterocycles. The predicted octanol–water partition coefficient (Wildman–Crippen LogP) is 1.09. The highest BCUT2D eigenvalue weighted by molar-refractivity contribution is 7.92. The summed E-state index contributed by atoms with van der Waals surface area (Å²) in [7, 11) is -3.44. The van der Waals surface area contributed by atoms with Gasteiger partial charge in [-0.3, -0.25) is 14.6 Å². The molecule has 1 aromatic heterocycles. The van der Waals surface area contributed by atoms with Crippen LogP contribution < -0.4 is 10.0 Å². The zero-order valence-electron chi connectivity index (χ0n) is 11.4. The van der Waals surface area contributed by atoms with Gasteiger partial charge in [0.25, 0.3) is 5.91 Å². The van der Waals surface area contributed by atoms with Crippen LogP contribution in [-0.2, 0) is 10.0 Å². The molecular weight excluding hydrogens is 268 g/mol. The number of unbranched alkanes of at least 4 members (excludes halogenated alkanes) is 1. The molecule has 1 amide bonds. The summed E-state index contributed by atoms with van der Waals surface area (Å²) < 4.78 is 25.9. The topological polar surface area (TPSA) is 104 Å². The fraction of sp³-hybridized carbons (Fsp3) is 0.636. The molecule has 0 aliphatic rings. The van der Waals surface area contributed by atoms with E-state index in [1.54, 1.807) is 0 Å². The van der Waals surface area contributed by atoms with E-state index in [0.29, 0.717) is 6.42 Å². The molecule has 0 aliphatic carbocycles. The third-order valence-electron chi connectivity index (χ3n) is 2.32. The first kappa shape index (κ1) is 15.5. The van der Waals surface area contributed by atoms with Crippen LogP contribution in [0.25, 0.3) is 0 Å². The number of carbonyl (C=O) groups is 1. The van der Waals surface area contributed by atoms with Crippen LogP contribution in [0.15, 0.2) is 6.20 Å². The Bertz CT molecular complexity index is 522. The molecule has 0 aromatic carbocycles. The number of carbonyl (C=O) groups excluding carboxylic acids is 1. The number of rotatable bonds is 7. The molecule has 3 N–H and O–H groups in total. The number of anilines is 1. The first-order valence-corrected chi connectivity index (χ1v) is 7.85. The second-order valence-electron chi connectivity index (χ2n) is 4.56. The van der Waals surface area contributed by atoms with Crippen LogP contribution >= 0.6 is 0 Å². The van der Waals surface area contributed by atoms with Crippen LogP contribution in [0.2, 0.25) is 0 Å². The summed E-state index contributed by atoms with van der Waals surface area (Å²) in [6, 6.07) is -0.0413. The lowest BCUT2D eigenvalue weighted by Gasteiger charge is -2.10. The summed E-state index contributed by atoms with van der Waals surface area (Å²) in [5, 5.41) is 8.87. The minimum absolute atomic E-state index is 0.0277. The third kappa shape index (κ3) is 4.90. The second kappa shape index (κ2) is 6.55. The Labute approximate surface area is 113 Å². The van der Waals surface area contributed by atoms with Gasteiger partial charge in [0.1, 0.15) is 5.69 Å². The van der Waals surface area contributed by atoms with E-state index in [-0.39, 0.29) is 29.1 Å². The molecular formula is C11H20N4O3S. The number of nitrogens with one attached hydrogen (secondary N) is 3. The monoisotopic (exact) mass is 288 g/mol. The Hall–Kier alpha value is -1.57. The molecule has 0 bridgehead atoms. The van der Waals surface area contributed by atoms with E-state index in [4.69, 9.17) is 0 Å². The predicted molar refractivity (Wildman–Crippen MR) is 73.5 cm³/mol. The summed E-state index contributed by atoms with van der Waals surface area (Å²) in [5.41, 5.74) is 0.294. The number of sulfonamides is 1. The Morgan fingerprint density at radius 2 is 2.16 bits per heavy atom. The average Bonchev–Trinajstić information content (AvgIpc) is 2.73. The number of H-pyrrole nitrogens is 1. The summed E-state index contributed by atoms with van der Waals surface area (Å²) in [6.07, 6.45) is 2.65. The summed E-state index contributed by atoms with van der Waals surface area (Å²) in [5.74, 6) is -0.361. The molecule has 1 heterocycles. The van der Waals surface area contributed by atoms with Crippen LogP contribution in [-0.4, -0.2) is 36.3 Å². The van der Waals surface area contributed by atoms with Gasteiger partial charge in [-0.2, -0.15) is 5.10 Å². The number of aromatic nitrogens is 2. The van der Waals surface area contributed by atoms with Gasteiger partial charge in [-0.05, 0) is 20.3 Å². The molecule has 1 rings (SSSR count). The largest absolute Gasteiger partial charge is 0.348 e. The molecule has 0 saturated carbocycles. The van der Waals surface area contributed by atoms with E-state index in [1.165, 1.54) is 6.20 Å². The molecule has 108 valence electrons. The van der Waals surface area contributed by atoms with Crippen LogP contribution in [0.4, 0.5) is 5.69 Å². The lowest BCUT2D eigenvalue weighted by molar-refractivity contribution is 0.0939. The molecule has 0 unspecified atom stereocenters. The Kier molecular flexibility index (Phi) is 5.34. The molecule has 1 aromatic rings. The first-order chi connectivity index (χ1) is 8.85. The van der Waals surface area contributed by atoms with Crippen LogP contribution in [0.3, 0.4) is 0 Å². The molecule has 0 aliphatic heterocycles. The van der Waals surface area contributed by atoms with E-state index in [9.17, 15) is 13.2 Å². The van der Waals surface area contributed by atoms with Gasteiger partial charge in [0.05, 0.1) is 17.6 Å². The minimum atomic E-state index is -3.44. The zero-order chi connectivity index (χ0) is 14.5. The Morgan fingerprint density at radius 1 is 1.47 bits per heavy atom. The van der Waals surface area contributed by atoms with Crippen molar-refractivity contribution in [1.29, 1.82) is 0 Å². The highest BCUT2D eigenvalue weighted by Gasteiger charge is 2.18. The fourth-order valence-corrected chi connectivity index (χ4v) is 2.68. The van der Waals surface area contributed by atoms with Crippen molar-refractivity contribution in [3.63, 3.8) is 0 Å². The Morgan fingerprint density at radius 3 is 2.74 bits per heavy atom. The van der Waals surface area contributed by atoms with Gasteiger partial charge in [-0.25, -0.2) is 8.42 Å². The maximum absolute atomic E-state index is 11.8. The third-order valence-corrected chi connectivity index (χ3v) is 3.68. The normalized spacial score (nSPS) is 11.6. The van der Waals surface area contributed by atoms with Crippen LogP contribution in [0, 0.1) is 0 Å². The van der Waals surface area contributed by atoms with Crippen molar-refractivity contribution in [3.8, 4) is 0 Å². The first-order valence-electron chi connectivity index (χ1n) is 6.20. The molecule has 0 atom stereocenters. The molecule has 7 nitrogen and oxygen atoms in total. The van der Waals surface area contributed by atoms with Crippen molar-refractivity contribution in [1.82, 2.24) is 15.5 Å². The smallest absolute Gasteiger partial charge is 0.271 e. The van der Waals surface area contributed by atoms with Crippen molar-refractivity contribution in [3.05, 3.63) is 11.9 Å². The van der Waals surface area contributed by atoms with E-state index >= 15 is 0 Å². The van der Waals surface area contributed by atoms with Gasteiger partial charge >= 0.3 is 0 Å². The molecule has 0 radical (unpaired) electrons. The van der Waals surface area contributed by atoms with Crippen LogP contribution in [0.1, 0.15) is 44.1 Å². The number of amides is 1. The SMILES string of the molecule is CCCCS(=O)(=O)Nc1cn[nH]c1C(=O)NC(C)C. The van der Waals surface area contributed by atoms with Crippen molar-refractivity contribution >= 4 is 21.6 Å². The maximum atomic E-state index is 11.8. The van der Waals surface area contributed by atoms with E-state index in [2.05, 4.69) is 20.2 Å². The Balaban J connectivity index is 2.81. The lowest BCUT2D eigenvalue weighted by Crippen LogP contribution is -2.31. The van der Waals surface area contributed by atoms with Crippen molar-refractivity contribution in [2.45, 2.75) is 39.7 Å². The number of hydrogen-bond acceptors (Lipinski definition) is 4. The fourth-order valence-electron chi connectivity index (χ4n) is 1.42. The van der Waals surface area contributed by atoms with Gasteiger partial charge in [-0.1, -0.05) is 13.3 Å². The zero-order valence-corrected chi connectivity index (χ0v) is 12.2. The van der Waals surface area contributed by atoms with Gasteiger partial charge < -0.3 is 5.32 Å². The molecule has 8 heteroatoms. The standard InChI is InChI=1S/C11H20N4O3S/c1-4-5-6-19(17,18)15-9-7-12-14-10(9)11(16)13-8(2)3/h7-8,15H,4-6H2,1-3H3,(H,12,14)(H,13,16). The van der Waals surface area contributed by atoms with Gasteiger partial charge in [-0.15, -0.1) is 0 Å². The quantitative estimate of drug-likeness (QED) is 0.698. The number of nitrogens with zero attached hydrogens (tertiary/aromatic N) is 1. The summed E-state index contributed by atoms with van der Waals surface area (Å²) >= 11 is 0. The van der Waals surface area contributed by atoms with E-state index < -0.39 is 10.0 Å². The van der Waals surface area contributed by atoms with Gasteiger partial charge in [0.2, 0.25) is 10.0 Å². The van der Waals surface area contributed by atoms with E-state index in [1.807, 2.05) is 20.8 Å². The number of hydrogen-bond donors (Lipinski definition) is 3. The van der Waals surface area contributed by atoms with Gasteiger partial charge in [0.15, 0.2) is 0 Å². The van der Waals surface area contributed by atoms with Crippen LogP contribution in [0.5, 0.6) is 0 Å². The molecule has 19 heavy (non-hydrogen) atoms. The van der Waals surface area contributed by atoms with Crippen molar-refractivity contribution < 1.29 is 13.2 Å². The highest BCUT2D eigenvalue weighted by Crippen LogP contribution is 2.14. The minimum Gasteiger partial charge on any atom is -0.348 e. The maximum Gasteiger partial charge on any atom is 0.271 e. The van der Waals surface area contributed by atoms with Crippen molar-refractivity contribution in [2.75, 3.05) is 10.5 Å². The second-order valence-corrected chi connectivity index (χ2v) is 6.40. The van der Waals surface area contributed by atoms with Gasteiger partial charge in [0, 0.05) is 6.04 Å². The molecule has 0 spiro atoms. The number of aromatic amines is 1. The van der Waals surface area contributed by atoms with Crippen molar-refractivity contribution in [2.24, 2.45) is 0 Å². The van der Waals surface area contributed by atoms with E-state index in [0.717, 1.165) is 6.42 Å². The highest BCUT2D eigenvalue weighted by atomic mass is 32.2. The molecule has 0 fully saturated rings. The summed E-state index contributed by atoms with van der Waals surface area (Å²) in [4.78, 5) is 11.8.